The molecule has 3 nitrogen and oxygen atoms in total. The number of hydrogen-bond donors (Lipinski definition) is 0. The molecule has 0 aromatic heterocycles. The molecule has 1 rings (SSSR count). The smallest absolute Gasteiger partial charge is 0.134 e. The third-order valence-corrected chi connectivity index (χ3v) is 2.65. The van der Waals surface area contributed by atoms with Gasteiger partial charge in [-0.2, -0.15) is 0 Å². The number of Topliss-reactive ketones (excluding diaryl/α,β-unsaturated/α-hetero) is 1. The quantitative estimate of drug-likeness (QED) is 0.785. The lowest BCUT2D eigenvalue weighted by molar-refractivity contribution is -0.116. The molecule has 1 aromatic rings. The highest BCUT2D eigenvalue weighted by Crippen LogP contribution is 2.33. The van der Waals surface area contributed by atoms with Crippen molar-refractivity contribution in [2.75, 3.05) is 14.2 Å². The first-order valence-electron chi connectivity index (χ1n) is 5.21. The van der Waals surface area contributed by atoms with Crippen molar-refractivity contribution < 1.29 is 14.3 Å². The van der Waals surface area contributed by atoms with Crippen molar-refractivity contribution in [3.05, 3.63) is 22.8 Å². The Kier molecular flexibility index (Phi) is 3.93. The van der Waals surface area contributed by atoms with Gasteiger partial charge in [0.25, 0.3) is 0 Å². The van der Waals surface area contributed by atoms with Crippen molar-refractivity contribution in [3.8, 4) is 11.5 Å². The second kappa shape index (κ2) is 5.01. The first-order chi connectivity index (χ1) is 7.51. The Hall–Kier alpha value is -1.51. The second-order valence-electron chi connectivity index (χ2n) is 3.91. The molecule has 0 aliphatic carbocycles. The Balaban J connectivity index is 3.39. The molecule has 0 unspecified atom stereocenters. The number of rotatable bonds is 4. The van der Waals surface area contributed by atoms with Crippen molar-refractivity contribution in [3.63, 3.8) is 0 Å². The molecular formula is C13H18O3. The molecule has 0 saturated carbocycles. The van der Waals surface area contributed by atoms with Crippen LogP contribution in [0.1, 0.15) is 23.6 Å². The van der Waals surface area contributed by atoms with E-state index < -0.39 is 0 Å². The lowest BCUT2D eigenvalue weighted by Crippen LogP contribution is -2.05. The van der Waals surface area contributed by atoms with Crippen LogP contribution in [0.3, 0.4) is 0 Å². The van der Waals surface area contributed by atoms with Gasteiger partial charge in [0, 0.05) is 12.0 Å². The molecule has 1 aromatic carbocycles. The maximum absolute atomic E-state index is 11.2. The molecule has 0 fully saturated rings. The number of hydrogen-bond acceptors (Lipinski definition) is 3. The summed E-state index contributed by atoms with van der Waals surface area (Å²) in [6.45, 7) is 5.47. The van der Waals surface area contributed by atoms with Crippen molar-refractivity contribution in [1.82, 2.24) is 0 Å². The molecule has 0 radical (unpaired) electrons. The Bertz CT molecular complexity index is 408. The van der Waals surface area contributed by atoms with Gasteiger partial charge < -0.3 is 9.47 Å². The van der Waals surface area contributed by atoms with Gasteiger partial charge in [-0.05, 0) is 38.0 Å². The van der Waals surface area contributed by atoms with E-state index in [2.05, 4.69) is 0 Å². The summed E-state index contributed by atoms with van der Waals surface area (Å²) in [7, 11) is 3.25. The van der Waals surface area contributed by atoms with Gasteiger partial charge in [0.2, 0.25) is 0 Å². The largest absolute Gasteiger partial charge is 0.496 e. The van der Waals surface area contributed by atoms with Crippen LogP contribution in [0, 0.1) is 13.8 Å². The molecule has 0 aliphatic heterocycles. The molecule has 0 spiro atoms. The summed E-state index contributed by atoms with van der Waals surface area (Å²) in [5, 5.41) is 0. The van der Waals surface area contributed by atoms with Crippen LogP contribution in [0.15, 0.2) is 6.07 Å². The van der Waals surface area contributed by atoms with Crippen molar-refractivity contribution >= 4 is 5.78 Å². The van der Waals surface area contributed by atoms with Crippen LogP contribution in [-0.2, 0) is 11.2 Å². The molecule has 0 atom stereocenters. The van der Waals surface area contributed by atoms with Crippen LogP contribution >= 0.6 is 0 Å². The van der Waals surface area contributed by atoms with Crippen LogP contribution < -0.4 is 9.47 Å². The minimum absolute atomic E-state index is 0.119. The van der Waals surface area contributed by atoms with Gasteiger partial charge in [0.15, 0.2) is 0 Å². The van der Waals surface area contributed by atoms with E-state index in [-0.39, 0.29) is 5.78 Å². The molecule has 0 N–H and O–H groups in total. The van der Waals surface area contributed by atoms with Crippen LogP contribution in [-0.4, -0.2) is 20.0 Å². The molecule has 0 bridgehead atoms. The fourth-order valence-electron chi connectivity index (χ4n) is 1.89. The third kappa shape index (κ3) is 2.35. The van der Waals surface area contributed by atoms with Gasteiger partial charge in [-0.1, -0.05) is 0 Å². The van der Waals surface area contributed by atoms with E-state index in [1.165, 1.54) is 0 Å². The topological polar surface area (TPSA) is 35.5 Å². The summed E-state index contributed by atoms with van der Waals surface area (Å²) in [5.41, 5.74) is 2.88. The van der Waals surface area contributed by atoms with Gasteiger partial charge in [0.05, 0.1) is 14.2 Å². The van der Waals surface area contributed by atoms with Gasteiger partial charge in [0.1, 0.15) is 17.3 Å². The van der Waals surface area contributed by atoms with Gasteiger partial charge in [-0.25, -0.2) is 0 Å². The van der Waals surface area contributed by atoms with Crippen LogP contribution in [0.5, 0.6) is 11.5 Å². The predicted octanol–water partition coefficient (Wildman–Crippen LogP) is 2.45. The van der Waals surface area contributed by atoms with Crippen molar-refractivity contribution in [2.45, 2.75) is 27.2 Å². The maximum atomic E-state index is 11.2. The Morgan fingerprint density at radius 1 is 1.25 bits per heavy atom. The van der Waals surface area contributed by atoms with Crippen LogP contribution in [0.2, 0.25) is 0 Å². The Labute approximate surface area is 96.4 Å². The zero-order valence-electron chi connectivity index (χ0n) is 10.5. The molecular weight excluding hydrogens is 204 g/mol. The predicted molar refractivity (Wildman–Crippen MR) is 63.4 cm³/mol. The summed E-state index contributed by atoms with van der Waals surface area (Å²) < 4.78 is 10.6. The summed E-state index contributed by atoms with van der Waals surface area (Å²) in [6, 6.07) is 1.93. The SMILES string of the molecule is COc1cc(C)c(OC)c(CC(C)=O)c1C. The standard InChI is InChI=1S/C13H18O3/c1-8-6-12(15-4)10(3)11(7-9(2)14)13(8)16-5/h6H,7H2,1-5H3. The average Bonchev–Trinajstić information content (AvgIpc) is 2.22. The van der Waals surface area contributed by atoms with Crippen LogP contribution in [0.4, 0.5) is 0 Å². The van der Waals surface area contributed by atoms with E-state index in [9.17, 15) is 4.79 Å². The average molecular weight is 222 g/mol. The highest BCUT2D eigenvalue weighted by molar-refractivity contribution is 5.80. The first kappa shape index (κ1) is 12.6. The highest BCUT2D eigenvalue weighted by atomic mass is 16.5. The zero-order chi connectivity index (χ0) is 12.3. The summed E-state index contributed by atoms with van der Waals surface area (Å²) in [5.74, 6) is 1.71. The van der Waals surface area contributed by atoms with E-state index in [0.717, 1.165) is 28.2 Å². The Morgan fingerprint density at radius 2 is 1.88 bits per heavy atom. The van der Waals surface area contributed by atoms with E-state index in [0.29, 0.717) is 6.42 Å². The first-order valence-corrected chi connectivity index (χ1v) is 5.21. The van der Waals surface area contributed by atoms with E-state index >= 15 is 0 Å². The molecule has 0 aliphatic rings. The van der Waals surface area contributed by atoms with E-state index in [1.807, 2.05) is 19.9 Å². The lowest BCUT2D eigenvalue weighted by Gasteiger charge is -2.16. The summed E-state index contributed by atoms with van der Waals surface area (Å²) >= 11 is 0. The van der Waals surface area contributed by atoms with Gasteiger partial charge in [-0.15, -0.1) is 0 Å². The highest BCUT2D eigenvalue weighted by Gasteiger charge is 2.15. The molecule has 3 heteroatoms. The van der Waals surface area contributed by atoms with E-state index in [4.69, 9.17) is 9.47 Å². The molecule has 16 heavy (non-hydrogen) atoms. The number of carbonyl (C=O) groups excluding carboxylic acids is 1. The fourth-order valence-corrected chi connectivity index (χ4v) is 1.89. The fraction of sp³-hybridized carbons (Fsp3) is 0.462. The normalized spacial score (nSPS) is 10.1. The number of ether oxygens (including phenoxy) is 2. The zero-order valence-corrected chi connectivity index (χ0v) is 10.5. The second-order valence-corrected chi connectivity index (χ2v) is 3.91. The number of benzene rings is 1. The van der Waals surface area contributed by atoms with Gasteiger partial charge >= 0.3 is 0 Å². The third-order valence-electron chi connectivity index (χ3n) is 2.65. The van der Waals surface area contributed by atoms with E-state index in [1.54, 1.807) is 21.1 Å². The maximum Gasteiger partial charge on any atom is 0.134 e. The lowest BCUT2D eigenvalue weighted by atomic mass is 9.98. The molecule has 0 saturated heterocycles. The number of ketones is 1. The molecule has 0 amide bonds. The number of methoxy groups -OCH3 is 2. The number of carbonyl (C=O) groups is 1. The monoisotopic (exact) mass is 222 g/mol. The van der Waals surface area contributed by atoms with Crippen LogP contribution in [0.25, 0.3) is 0 Å². The van der Waals surface area contributed by atoms with Crippen molar-refractivity contribution in [2.24, 2.45) is 0 Å². The minimum atomic E-state index is 0.119. The number of aryl methyl sites for hydroxylation is 1. The molecule has 0 heterocycles. The van der Waals surface area contributed by atoms with Gasteiger partial charge in [-0.3, -0.25) is 4.79 Å². The van der Waals surface area contributed by atoms with Crippen molar-refractivity contribution in [1.29, 1.82) is 0 Å². The summed E-state index contributed by atoms with van der Waals surface area (Å²) in [4.78, 5) is 11.2. The molecule has 88 valence electrons. The minimum Gasteiger partial charge on any atom is -0.496 e. The summed E-state index contributed by atoms with van der Waals surface area (Å²) in [6.07, 6.45) is 0.382. The Morgan fingerprint density at radius 3 is 2.31 bits per heavy atom.